The number of aromatic nitrogens is 2. The highest BCUT2D eigenvalue weighted by Gasteiger charge is 2.35. The first kappa shape index (κ1) is 13.1. The largest absolute Gasteiger partial charge is 0.330 e. The molecule has 2 unspecified atom stereocenters. The molecule has 0 aliphatic heterocycles. The van der Waals surface area contributed by atoms with Gasteiger partial charge in [0.05, 0.1) is 0 Å². The van der Waals surface area contributed by atoms with Crippen LogP contribution in [0.2, 0.25) is 0 Å². The third-order valence-electron chi connectivity index (χ3n) is 3.75. The number of rotatable bonds is 5. The molecule has 0 amide bonds. The van der Waals surface area contributed by atoms with Crippen molar-refractivity contribution >= 4 is 0 Å². The maximum atomic E-state index is 11.7. The van der Waals surface area contributed by atoms with Gasteiger partial charge in [-0.15, -0.1) is 0 Å². The second-order valence-electron chi connectivity index (χ2n) is 5.15. The fraction of sp³-hybridized carbons (Fsp3) is 0.692. The van der Waals surface area contributed by atoms with Crippen molar-refractivity contribution < 1.29 is 0 Å². The van der Waals surface area contributed by atoms with E-state index in [0.29, 0.717) is 12.6 Å². The maximum Gasteiger partial charge on any atom is 0.330 e. The van der Waals surface area contributed by atoms with Crippen LogP contribution in [0.25, 0.3) is 0 Å². The van der Waals surface area contributed by atoms with Crippen LogP contribution in [0, 0.1) is 5.92 Å². The first-order valence-corrected chi connectivity index (χ1v) is 6.54. The van der Waals surface area contributed by atoms with E-state index in [-0.39, 0.29) is 11.2 Å². The molecule has 0 aromatic carbocycles. The zero-order valence-corrected chi connectivity index (χ0v) is 11.3. The smallest absolute Gasteiger partial charge is 0.308 e. The van der Waals surface area contributed by atoms with Crippen molar-refractivity contribution in [1.29, 1.82) is 0 Å². The van der Waals surface area contributed by atoms with E-state index in [1.165, 1.54) is 36.9 Å². The Balaban J connectivity index is 2.03. The summed E-state index contributed by atoms with van der Waals surface area (Å²) in [5, 5.41) is 3.41. The summed E-state index contributed by atoms with van der Waals surface area (Å²) in [4.78, 5) is 23.3. The van der Waals surface area contributed by atoms with Gasteiger partial charge in [-0.2, -0.15) is 0 Å². The molecule has 100 valence electrons. The summed E-state index contributed by atoms with van der Waals surface area (Å²) in [6.45, 7) is 2.78. The van der Waals surface area contributed by atoms with E-state index in [0.717, 1.165) is 16.2 Å². The number of nitrogens with one attached hydrogen (secondary N) is 1. The highest BCUT2D eigenvalue weighted by molar-refractivity contribution is 5.03. The van der Waals surface area contributed by atoms with Crippen molar-refractivity contribution in [3.05, 3.63) is 32.6 Å². The monoisotopic (exact) mass is 251 g/mol. The fourth-order valence-electron chi connectivity index (χ4n) is 2.37. The highest BCUT2D eigenvalue weighted by Crippen LogP contribution is 2.34. The van der Waals surface area contributed by atoms with Crippen molar-refractivity contribution in [3.63, 3.8) is 0 Å². The molecule has 1 aromatic heterocycles. The Bertz CT molecular complexity index is 544. The number of hydrogen-bond donors (Lipinski definition) is 1. The maximum absolute atomic E-state index is 11.7. The van der Waals surface area contributed by atoms with Crippen LogP contribution in [0.4, 0.5) is 0 Å². The van der Waals surface area contributed by atoms with Gasteiger partial charge < -0.3 is 5.32 Å². The van der Waals surface area contributed by atoms with Crippen molar-refractivity contribution in [2.24, 2.45) is 20.0 Å². The first-order chi connectivity index (χ1) is 8.54. The molecule has 2 rings (SSSR count). The quantitative estimate of drug-likeness (QED) is 0.822. The lowest BCUT2D eigenvalue weighted by atomic mass is 10.2. The molecule has 2 atom stereocenters. The van der Waals surface area contributed by atoms with Gasteiger partial charge in [0.1, 0.15) is 0 Å². The van der Waals surface area contributed by atoms with Crippen molar-refractivity contribution in [2.45, 2.75) is 38.8 Å². The number of nitrogens with zero attached hydrogens (tertiary/aromatic N) is 2. The molecule has 5 nitrogen and oxygen atoms in total. The van der Waals surface area contributed by atoms with Crippen LogP contribution in [0.1, 0.15) is 31.9 Å². The molecular formula is C13H21N3O2. The van der Waals surface area contributed by atoms with Gasteiger partial charge in [0.25, 0.3) is 5.56 Å². The van der Waals surface area contributed by atoms with Crippen LogP contribution in [-0.4, -0.2) is 15.2 Å². The Kier molecular flexibility index (Phi) is 3.71. The predicted molar refractivity (Wildman–Crippen MR) is 70.6 cm³/mol. The Hall–Kier alpha value is -1.36. The molecule has 0 radical (unpaired) electrons. The minimum Gasteiger partial charge on any atom is -0.308 e. The summed E-state index contributed by atoms with van der Waals surface area (Å²) in [6.07, 6.45) is 3.69. The standard InChI is InChI=1S/C13H21N3O2/c1-4-5-9-6-11(9)14-8-10-7-12(17)16(3)13(18)15(10)2/h7,9,11,14H,4-6,8H2,1-3H3. The van der Waals surface area contributed by atoms with Crippen molar-refractivity contribution in [3.8, 4) is 0 Å². The normalized spacial score (nSPS) is 22.2. The molecule has 1 aromatic rings. The van der Waals surface area contributed by atoms with Gasteiger partial charge in [-0.25, -0.2) is 4.79 Å². The Labute approximate surface area is 106 Å². The molecule has 18 heavy (non-hydrogen) atoms. The van der Waals surface area contributed by atoms with Crippen LogP contribution in [0.5, 0.6) is 0 Å². The summed E-state index contributed by atoms with van der Waals surface area (Å²) in [5.41, 5.74) is 0.251. The van der Waals surface area contributed by atoms with Crippen molar-refractivity contribution in [1.82, 2.24) is 14.5 Å². The summed E-state index contributed by atoms with van der Waals surface area (Å²) >= 11 is 0. The van der Waals surface area contributed by atoms with E-state index >= 15 is 0 Å². The minimum absolute atomic E-state index is 0.240. The molecule has 0 bridgehead atoms. The number of hydrogen-bond acceptors (Lipinski definition) is 3. The molecule has 1 aliphatic carbocycles. The zero-order valence-electron chi connectivity index (χ0n) is 11.3. The third kappa shape index (κ3) is 2.56. The van der Waals surface area contributed by atoms with Crippen LogP contribution < -0.4 is 16.6 Å². The lowest BCUT2D eigenvalue weighted by molar-refractivity contribution is 0.565. The average molecular weight is 251 g/mol. The summed E-state index contributed by atoms with van der Waals surface area (Å²) < 4.78 is 2.66. The van der Waals surface area contributed by atoms with Crippen LogP contribution in [0.15, 0.2) is 15.7 Å². The second kappa shape index (κ2) is 5.10. The molecule has 0 saturated heterocycles. The fourth-order valence-corrected chi connectivity index (χ4v) is 2.37. The minimum atomic E-state index is -0.264. The summed E-state index contributed by atoms with van der Waals surface area (Å²) in [6, 6.07) is 2.09. The van der Waals surface area contributed by atoms with Gasteiger partial charge in [0.2, 0.25) is 0 Å². The van der Waals surface area contributed by atoms with Gasteiger partial charge in [-0.05, 0) is 18.8 Å². The SMILES string of the molecule is CCCC1CC1NCc1cc(=O)n(C)c(=O)n1C. The molecular weight excluding hydrogens is 230 g/mol. The van der Waals surface area contributed by atoms with E-state index < -0.39 is 0 Å². The molecule has 1 fully saturated rings. The topological polar surface area (TPSA) is 56.0 Å². The van der Waals surface area contributed by atoms with Crippen molar-refractivity contribution in [2.75, 3.05) is 0 Å². The van der Waals surface area contributed by atoms with E-state index in [2.05, 4.69) is 12.2 Å². The first-order valence-electron chi connectivity index (χ1n) is 6.54. The van der Waals surface area contributed by atoms with Gasteiger partial charge >= 0.3 is 5.69 Å². The van der Waals surface area contributed by atoms with E-state index in [1.807, 2.05) is 0 Å². The van der Waals surface area contributed by atoms with Gasteiger partial charge in [0, 0.05) is 38.4 Å². The lowest BCUT2D eigenvalue weighted by Gasteiger charge is -2.10. The molecule has 1 N–H and O–H groups in total. The van der Waals surface area contributed by atoms with Crippen LogP contribution in [-0.2, 0) is 20.6 Å². The van der Waals surface area contributed by atoms with Crippen LogP contribution >= 0.6 is 0 Å². The Morgan fingerprint density at radius 1 is 1.33 bits per heavy atom. The average Bonchev–Trinajstić information content (AvgIpc) is 3.08. The van der Waals surface area contributed by atoms with E-state index in [1.54, 1.807) is 7.05 Å². The molecule has 0 spiro atoms. The third-order valence-corrected chi connectivity index (χ3v) is 3.75. The molecule has 5 heteroatoms. The predicted octanol–water partition coefficient (Wildman–Crippen LogP) is 0.362. The van der Waals surface area contributed by atoms with Gasteiger partial charge in [-0.3, -0.25) is 13.9 Å². The molecule has 1 aliphatic rings. The Morgan fingerprint density at radius 3 is 2.72 bits per heavy atom. The van der Waals surface area contributed by atoms with Crippen LogP contribution in [0.3, 0.4) is 0 Å². The van der Waals surface area contributed by atoms with E-state index in [9.17, 15) is 9.59 Å². The van der Waals surface area contributed by atoms with E-state index in [4.69, 9.17) is 0 Å². The summed E-state index contributed by atoms with van der Waals surface area (Å²) in [7, 11) is 3.20. The lowest BCUT2D eigenvalue weighted by Crippen LogP contribution is -2.39. The van der Waals surface area contributed by atoms with Gasteiger partial charge in [-0.1, -0.05) is 13.3 Å². The summed E-state index contributed by atoms with van der Waals surface area (Å²) in [5.74, 6) is 0.776. The Morgan fingerprint density at radius 2 is 2.06 bits per heavy atom. The second-order valence-corrected chi connectivity index (χ2v) is 5.15. The molecule has 1 heterocycles. The molecule has 1 saturated carbocycles. The van der Waals surface area contributed by atoms with Gasteiger partial charge in [0.15, 0.2) is 0 Å². The zero-order chi connectivity index (χ0) is 13.3. The highest BCUT2D eigenvalue weighted by atomic mass is 16.2.